The molecule has 3 atom stereocenters. The van der Waals surface area contributed by atoms with Crippen LogP contribution >= 0.6 is 0 Å². The number of hydrogen-bond acceptors (Lipinski definition) is 3. The second-order valence-corrected chi connectivity index (χ2v) is 5.51. The molecule has 3 unspecified atom stereocenters. The van der Waals surface area contributed by atoms with E-state index in [1.807, 2.05) is 0 Å². The molecule has 1 saturated heterocycles. The number of nitrogens with zero attached hydrogens (tertiary/aromatic N) is 1. The summed E-state index contributed by atoms with van der Waals surface area (Å²) in [7, 11) is 2.22. The summed E-state index contributed by atoms with van der Waals surface area (Å²) >= 11 is 0. The van der Waals surface area contributed by atoms with Crippen molar-refractivity contribution in [2.24, 2.45) is 0 Å². The summed E-state index contributed by atoms with van der Waals surface area (Å²) in [4.78, 5) is 2.44. The van der Waals surface area contributed by atoms with Crippen LogP contribution in [0.1, 0.15) is 46.5 Å². The van der Waals surface area contributed by atoms with Crippen LogP contribution in [0.5, 0.6) is 0 Å². The molecule has 1 heterocycles. The lowest BCUT2D eigenvalue weighted by atomic mass is 10.1. The van der Waals surface area contributed by atoms with Crippen LogP contribution in [0.25, 0.3) is 0 Å². The monoisotopic (exact) mass is 242 g/mol. The molecule has 102 valence electrons. The number of rotatable bonds is 8. The fourth-order valence-corrected chi connectivity index (χ4v) is 2.46. The maximum atomic E-state index is 5.69. The van der Waals surface area contributed by atoms with Gasteiger partial charge in [-0.15, -0.1) is 0 Å². The first-order valence-electron chi connectivity index (χ1n) is 7.18. The Morgan fingerprint density at radius 1 is 1.41 bits per heavy atom. The molecule has 3 heteroatoms. The van der Waals surface area contributed by atoms with Gasteiger partial charge in [0.1, 0.15) is 0 Å². The lowest BCUT2D eigenvalue weighted by Crippen LogP contribution is -2.40. The molecule has 0 aromatic rings. The van der Waals surface area contributed by atoms with Gasteiger partial charge in [0.2, 0.25) is 0 Å². The zero-order valence-electron chi connectivity index (χ0n) is 12.0. The Morgan fingerprint density at radius 3 is 2.76 bits per heavy atom. The van der Waals surface area contributed by atoms with Crippen molar-refractivity contribution in [2.75, 3.05) is 26.7 Å². The van der Waals surface area contributed by atoms with Gasteiger partial charge in [0.05, 0.1) is 6.10 Å². The minimum absolute atomic E-state index is 0.473. The predicted molar refractivity (Wildman–Crippen MR) is 73.4 cm³/mol. The first-order chi connectivity index (χ1) is 8.13. The van der Waals surface area contributed by atoms with Crippen molar-refractivity contribution in [1.29, 1.82) is 0 Å². The molecular weight excluding hydrogens is 212 g/mol. The first-order valence-corrected chi connectivity index (χ1v) is 7.18. The minimum atomic E-state index is 0.473. The highest BCUT2D eigenvalue weighted by molar-refractivity contribution is 4.75. The Bertz CT molecular complexity index is 193. The van der Waals surface area contributed by atoms with Crippen molar-refractivity contribution in [2.45, 2.75) is 64.6 Å². The lowest BCUT2D eigenvalue weighted by molar-refractivity contribution is 0.0678. The Morgan fingerprint density at radius 2 is 2.18 bits per heavy atom. The highest BCUT2D eigenvalue weighted by Crippen LogP contribution is 2.15. The van der Waals surface area contributed by atoms with Crippen LogP contribution in [0.4, 0.5) is 0 Å². The SMILES string of the molecule is CCCNC(C)CC(C)N(C)CC1CCCO1. The minimum Gasteiger partial charge on any atom is -0.377 e. The molecule has 0 aromatic carbocycles. The predicted octanol–water partition coefficient (Wildman–Crippen LogP) is 2.26. The smallest absolute Gasteiger partial charge is 0.0702 e. The number of hydrogen-bond donors (Lipinski definition) is 1. The molecule has 0 spiro atoms. The number of likely N-dealkylation sites (N-methyl/N-ethyl adjacent to an activating group) is 1. The average molecular weight is 242 g/mol. The summed E-state index contributed by atoms with van der Waals surface area (Å²) in [6.45, 7) is 9.99. The van der Waals surface area contributed by atoms with Gasteiger partial charge in [0, 0.05) is 25.2 Å². The Balaban J connectivity index is 2.18. The summed E-state index contributed by atoms with van der Waals surface area (Å²) in [5.74, 6) is 0. The van der Waals surface area contributed by atoms with Crippen LogP contribution < -0.4 is 5.32 Å². The van der Waals surface area contributed by atoms with Gasteiger partial charge in [0.25, 0.3) is 0 Å². The molecule has 3 nitrogen and oxygen atoms in total. The van der Waals surface area contributed by atoms with E-state index in [-0.39, 0.29) is 0 Å². The third-order valence-electron chi connectivity index (χ3n) is 3.71. The van der Waals surface area contributed by atoms with Crippen molar-refractivity contribution in [1.82, 2.24) is 10.2 Å². The van der Waals surface area contributed by atoms with E-state index in [2.05, 4.69) is 38.0 Å². The van der Waals surface area contributed by atoms with Crippen molar-refractivity contribution >= 4 is 0 Å². The molecule has 0 amide bonds. The van der Waals surface area contributed by atoms with E-state index in [0.29, 0.717) is 18.2 Å². The maximum Gasteiger partial charge on any atom is 0.0702 e. The second kappa shape index (κ2) is 8.06. The van der Waals surface area contributed by atoms with Crippen LogP contribution in [0.3, 0.4) is 0 Å². The number of ether oxygens (including phenoxy) is 1. The summed E-state index contributed by atoms with van der Waals surface area (Å²) in [5.41, 5.74) is 0. The van der Waals surface area contributed by atoms with Crippen LogP contribution in [0, 0.1) is 0 Å². The van der Waals surface area contributed by atoms with Crippen LogP contribution in [0.2, 0.25) is 0 Å². The van der Waals surface area contributed by atoms with Gasteiger partial charge in [0.15, 0.2) is 0 Å². The van der Waals surface area contributed by atoms with Crippen LogP contribution in [-0.4, -0.2) is 49.8 Å². The molecule has 0 radical (unpaired) electrons. The highest BCUT2D eigenvalue weighted by atomic mass is 16.5. The molecular formula is C14H30N2O. The van der Waals surface area contributed by atoms with E-state index < -0.39 is 0 Å². The fourth-order valence-electron chi connectivity index (χ4n) is 2.46. The van der Waals surface area contributed by atoms with Crippen molar-refractivity contribution in [3.63, 3.8) is 0 Å². The number of nitrogens with one attached hydrogen (secondary N) is 1. The Hall–Kier alpha value is -0.120. The van der Waals surface area contributed by atoms with Gasteiger partial charge in [-0.1, -0.05) is 6.92 Å². The Kier molecular flexibility index (Phi) is 7.09. The van der Waals surface area contributed by atoms with Crippen molar-refractivity contribution in [3.05, 3.63) is 0 Å². The normalized spacial score (nSPS) is 24.2. The second-order valence-electron chi connectivity index (χ2n) is 5.51. The maximum absolute atomic E-state index is 5.69. The highest BCUT2D eigenvalue weighted by Gasteiger charge is 2.20. The van der Waals surface area contributed by atoms with Crippen molar-refractivity contribution < 1.29 is 4.74 Å². The summed E-state index contributed by atoms with van der Waals surface area (Å²) in [6, 6.07) is 1.23. The van der Waals surface area contributed by atoms with Gasteiger partial charge >= 0.3 is 0 Å². The van der Waals surface area contributed by atoms with E-state index in [0.717, 1.165) is 19.7 Å². The summed E-state index contributed by atoms with van der Waals surface area (Å²) in [6.07, 6.45) is 5.37. The van der Waals surface area contributed by atoms with E-state index in [1.54, 1.807) is 0 Å². The lowest BCUT2D eigenvalue weighted by Gasteiger charge is -2.29. The van der Waals surface area contributed by atoms with Gasteiger partial charge in [-0.05, 0) is 53.1 Å². The molecule has 0 aromatic heterocycles. The molecule has 1 aliphatic rings. The van der Waals surface area contributed by atoms with E-state index >= 15 is 0 Å². The van der Waals surface area contributed by atoms with Crippen LogP contribution in [-0.2, 0) is 4.74 Å². The summed E-state index contributed by atoms with van der Waals surface area (Å²) < 4.78 is 5.69. The average Bonchev–Trinajstić information content (AvgIpc) is 2.78. The largest absolute Gasteiger partial charge is 0.377 e. The Labute approximate surface area is 107 Å². The zero-order valence-corrected chi connectivity index (χ0v) is 12.0. The molecule has 0 bridgehead atoms. The van der Waals surface area contributed by atoms with Gasteiger partial charge in [-0.3, -0.25) is 0 Å². The molecule has 1 N–H and O–H groups in total. The van der Waals surface area contributed by atoms with Gasteiger partial charge in [-0.2, -0.15) is 0 Å². The third kappa shape index (κ3) is 5.84. The molecule has 1 rings (SSSR count). The molecule has 17 heavy (non-hydrogen) atoms. The van der Waals surface area contributed by atoms with Gasteiger partial charge in [-0.25, -0.2) is 0 Å². The van der Waals surface area contributed by atoms with Gasteiger partial charge < -0.3 is 15.0 Å². The molecule has 1 aliphatic heterocycles. The molecule has 1 fully saturated rings. The topological polar surface area (TPSA) is 24.5 Å². The first kappa shape index (κ1) is 14.9. The quantitative estimate of drug-likeness (QED) is 0.706. The third-order valence-corrected chi connectivity index (χ3v) is 3.71. The zero-order chi connectivity index (χ0) is 12.7. The van der Waals surface area contributed by atoms with E-state index in [4.69, 9.17) is 4.74 Å². The standard InChI is InChI=1S/C14H30N2O/c1-5-8-15-12(2)10-13(3)16(4)11-14-7-6-9-17-14/h12-15H,5-11H2,1-4H3. The molecule has 0 saturated carbocycles. The van der Waals surface area contributed by atoms with E-state index in [1.165, 1.54) is 25.7 Å². The fraction of sp³-hybridized carbons (Fsp3) is 1.00. The molecule has 0 aliphatic carbocycles. The summed E-state index contributed by atoms with van der Waals surface area (Å²) in [5, 5.41) is 3.55. The van der Waals surface area contributed by atoms with Crippen molar-refractivity contribution in [3.8, 4) is 0 Å². The van der Waals surface area contributed by atoms with Crippen LogP contribution in [0.15, 0.2) is 0 Å². The van der Waals surface area contributed by atoms with E-state index in [9.17, 15) is 0 Å².